The Hall–Kier alpha value is -0.550. The summed E-state index contributed by atoms with van der Waals surface area (Å²) in [6.45, 7) is 0. The van der Waals surface area contributed by atoms with E-state index in [1.165, 1.54) is 5.56 Å². The van der Waals surface area contributed by atoms with Crippen LogP contribution in [0, 0.1) is 0 Å². The average molecular weight is 235 g/mol. The fraction of sp³-hybridized carbons (Fsp3) is 0.625. The lowest BCUT2D eigenvalue weighted by Crippen LogP contribution is -2.03. The van der Waals surface area contributed by atoms with Gasteiger partial charge in [-0.3, -0.25) is 5.10 Å². The van der Waals surface area contributed by atoms with Crippen LogP contribution in [-0.4, -0.2) is 24.4 Å². The molecule has 0 saturated carbocycles. The number of nitrogens with zero attached hydrogens (tertiary/aromatic N) is 1. The molecule has 6 heteroatoms. The highest BCUT2D eigenvalue weighted by atomic mass is 35.7. The highest BCUT2D eigenvalue weighted by Crippen LogP contribution is 2.23. The predicted octanol–water partition coefficient (Wildman–Crippen LogP) is 1.01. The monoisotopic (exact) mass is 234 g/mol. The molecule has 1 N–H and O–H groups in total. The molecule has 78 valence electrons. The number of aryl methyl sites for hydroxylation is 2. The van der Waals surface area contributed by atoms with Gasteiger partial charge in [-0.2, -0.15) is 5.10 Å². The van der Waals surface area contributed by atoms with E-state index >= 15 is 0 Å². The Balaban J connectivity index is 2.11. The van der Waals surface area contributed by atoms with E-state index in [-0.39, 0.29) is 5.75 Å². The van der Waals surface area contributed by atoms with E-state index in [1.807, 2.05) is 0 Å². The van der Waals surface area contributed by atoms with Crippen molar-refractivity contribution in [1.29, 1.82) is 0 Å². The van der Waals surface area contributed by atoms with Crippen LogP contribution >= 0.6 is 10.7 Å². The average Bonchev–Trinajstić information content (AvgIpc) is 2.59. The van der Waals surface area contributed by atoms with Gasteiger partial charge in [0.2, 0.25) is 9.05 Å². The Morgan fingerprint density at radius 1 is 1.43 bits per heavy atom. The highest BCUT2D eigenvalue weighted by Gasteiger charge is 2.19. The number of hydrogen-bond donors (Lipinski definition) is 1. The standard InChI is InChI=1S/C8H11ClN2O2S/c9-14(12,13)5-4-8-6-2-1-3-7(6)10-11-8/h1-5H2,(H,10,11). The second-order valence-corrected chi connectivity index (χ2v) is 6.37. The molecule has 0 fully saturated rings. The maximum atomic E-state index is 10.8. The van der Waals surface area contributed by atoms with Crippen LogP contribution in [0.2, 0.25) is 0 Å². The first-order chi connectivity index (χ1) is 6.56. The molecule has 1 aromatic rings. The van der Waals surface area contributed by atoms with Crippen molar-refractivity contribution >= 4 is 19.7 Å². The third-order valence-corrected chi connectivity index (χ3v) is 3.63. The summed E-state index contributed by atoms with van der Waals surface area (Å²) in [7, 11) is 1.74. The molecule has 1 heterocycles. The number of rotatable bonds is 3. The molecule has 4 nitrogen and oxygen atoms in total. The Kier molecular flexibility index (Phi) is 2.53. The molecule has 14 heavy (non-hydrogen) atoms. The minimum absolute atomic E-state index is 0.0359. The van der Waals surface area contributed by atoms with Crippen LogP contribution in [0.3, 0.4) is 0 Å². The van der Waals surface area contributed by atoms with Gasteiger partial charge in [-0.15, -0.1) is 0 Å². The van der Waals surface area contributed by atoms with Gasteiger partial charge in [0.1, 0.15) is 0 Å². The van der Waals surface area contributed by atoms with Gasteiger partial charge in [-0.1, -0.05) is 0 Å². The number of halogens is 1. The van der Waals surface area contributed by atoms with E-state index in [9.17, 15) is 8.42 Å². The van der Waals surface area contributed by atoms with Gasteiger partial charge in [-0.05, 0) is 24.8 Å². The Bertz CT molecular complexity index is 438. The topological polar surface area (TPSA) is 62.8 Å². The van der Waals surface area contributed by atoms with Gasteiger partial charge in [0.25, 0.3) is 0 Å². The van der Waals surface area contributed by atoms with Crippen molar-refractivity contribution in [3.63, 3.8) is 0 Å². The van der Waals surface area contributed by atoms with E-state index in [4.69, 9.17) is 10.7 Å². The number of aromatic amines is 1. The lowest BCUT2D eigenvalue weighted by molar-refractivity contribution is 0.608. The van der Waals surface area contributed by atoms with Crippen LogP contribution in [0.1, 0.15) is 23.4 Å². The number of H-pyrrole nitrogens is 1. The van der Waals surface area contributed by atoms with Crippen LogP contribution in [0.25, 0.3) is 0 Å². The van der Waals surface area contributed by atoms with Gasteiger partial charge in [0, 0.05) is 22.8 Å². The SMILES string of the molecule is O=S(=O)(Cl)CCc1n[nH]c2c1CCC2. The molecule has 2 rings (SSSR count). The molecule has 0 spiro atoms. The highest BCUT2D eigenvalue weighted by molar-refractivity contribution is 8.13. The first-order valence-corrected chi connectivity index (χ1v) is 7.01. The van der Waals surface area contributed by atoms with Crippen molar-refractivity contribution in [3.05, 3.63) is 17.0 Å². The lowest BCUT2D eigenvalue weighted by Gasteiger charge is -1.96. The van der Waals surface area contributed by atoms with Crippen molar-refractivity contribution in [2.45, 2.75) is 25.7 Å². The normalized spacial score (nSPS) is 15.8. The van der Waals surface area contributed by atoms with Crippen LogP contribution in [0.4, 0.5) is 0 Å². The van der Waals surface area contributed by atoms with Crippen LogP contribution in [0.5, 0.6) is 0 Å². The zero-order valence-electron chi connectivity index (χ0n) is 7.59. The van der Waals surface area contributed by atoms with Gasteiger partial charge in [-0.25, -0.2) is 8.42 Å². The third kappa shape index (κ3) is 2.09. The molecule has 0 bridgehead atoms. The molecule has 1 aromatic heterocycles. The Morgan fingerprint density at radius 3 is 2.93 bits per heavy atom. The molecule has 0 unspecified atom stereocenters. The summed E-state index contributed by atoms with van der Waals surface area (Å²) in [6, 6.07) is 0. The molecular formula is C8H11ClN2O2S. The van der Waals surface area contributed by atoms with Crippen molar-refractivity contribution in [3.8, 4) is 0 Å². The molecule has 0 amide bonds. The van der Waals surface area contributed by atoms with Crippen LogP contribution in [-0.2, 0) is 28.3 Å². The maximum Gasteiger partial charge on any atom is 0.232 e. The van der Waals surface area contributed by atoms with E-state index in [2.05, 4.69) is 10.2 Å². The molecule has 0 aliphatic heterocycles. The second kappa shape index (κ2) is 3.55. The molecule has 1 aliphatic rings. The van der Waals surface area contributed by atoms with Crippen molar-refractivity contribution < 1.29 is 8.42 Å². The molecule has 0 saturated heterocycles. The van der Waals surface area contributed by atoms with E-state index in [0.29, 0.717) is 6.42 Å². The van der Waals surface area contributed by atoms with Crippen molar-refractivity contribution in [1.82, 2.24) is 10.2 Å². The van der Waals surface area contributed by atoms with Gasteiger partial charge in [0.05, 0.1) is 11.4 Å². The number of aromatic nitrogens is 2. The first-order valence-electron chi connectivity index (χ1n) is 4.53. The molecule has 1 aliphatic carbocycles. The quantitative estimate of drug-likeness (QED) is 0.794. The van der Waals surface area contributed by atoms with E-state index in [1.54, 1.807) is 0 Å². The minimum atomic E-state index is -3.40. The van der Waals surface area contributed by atoms with Gasteiger partial charge < -0.3 is 0 Å². The zero-order chi connectivity index (χ0) is 10.2. The summed E-state index contributed by atoms with van der Waals surface area (Å²) in [5, 5.41) is 7.03. The maximum absolute atomic E-state index is 10.8. The fourth-order valence-corrected chi connectivity index (χ4v) is 2.48. The Labute approximate surface area is 87.1 Å². The zero-order valence-corrected chi connectivity index (χ0v) is 9.16. The predicted molar refractivity (Wildman–Crippen MR) is 54.0 cm³/mol. The summed E-state index contributed by atoms with van der Waals surface area (Å²) in [5.74, 6) is -0.0359. The largest absolute Gasteiger partial charge is 0.282 e. The fourth-order valence-electron chi connectivity index (χ4n) is 1.81. The number of nitrogens with one attached hydrogen (secondary N) is 1. The van der Waals surface area contributed by atoms with Gasteiger partial charge >= 0.3 is 0 Å². The Morgan fingerprint density at radius 2 is 2.21 bits per heavy atom. The number of fused-ring (bicyclic) bond motifs is 1. The molecule has 0 aromatic carbocycles. The van der Waals surface area contributed by atoms with Crippen LogP contribution in [0.15, 0.2) is 0 Å². The lowest BCUT2D eigenvalue weighted by atomic mass is 10.2. The minimum Gasteiger partial charge on any atom is -0.282 e. The smallest absolute Gasteiger partial charge is 0.232 e. The summed E-state index contributed by atoms with van der Waals surface area (Å²) in [6.07, 6.45) is 3.57. The van der Waals surface area contributed by atoms with E-state index < -0.39 is 9.05 Å². The molecular weight excluding hydrogens is 224 g/mol. The summed E-state index contributed by atoms with van der Waals surface area (Å²) >= 11 is 0. The summed E-state index contributed by atoms with van der Waals surface area (Å²) in [5.41, 5.74) is 3.22. The number of hydrogen-bond acceptors (Lipinski definition) is 3. The first kappa shape index (κ1) is 9.98. The second-order valence-electron chi connectivity index (χ2n) is 3.47. The van der Waals surface area contributed by atoms with Gasteiger partial charge in [0.15, 0.2) is 0 Å². The van der Waals surface area contributed by atoms with E-state index in [0.717, 1.165) is 30.7 Å². The van der Waals surface area contributed by atoms with Crippen LogP contribution < -0.4 is 0 Å². The van der Waals surface area contributed by atoms with Crippen molar-refractivity contribution in [2.24, 2.45) is 0 Å². The third-order valence-electron chi connectivity index (χ3n) is 2.47. The van der Waals surface area contributed by atoms with Crippen molar-refractivity contribution in [2.75, 3.05) is 5.75 Å². The summed E-state index contributed by atoms with van der Waals surface area (Å²) in [4.78, 5) is 0. The molecule has 0 atom stereocenters. The molecule has 0 radical (unpaired) electrons. The summed E-state index contributed by atoms with van der Waals surface area (Å²) < 4.78 is 21.5.